The highest BCUT2D eigenvalue weighted by Crippen LogP contribution is 2.28. The van der Waals surface area contributed by atoms with Gasteiger partial charge in [0.15, 0.2) is 0 Å². The Kier molecular flexibility index (Phi) is 4.99. The van der Waals surface area contributed by atoms with Crippen LogP contribution in [0.5, 0.6) is 0 Å². The lowest BCUT2D eigenvalue weighted by Gasteiger charge is -2.18. The van der Waals surface area contributed by atoms with Crippen LogP contribution in [-0.4, -0.2) is 0 Å². The molecular formula is C15H19ClN2S. The maximum absolute atomic E-state index is 6.18. The predicted octanol–water partition coefficient (Wildman–Crippen LogP) is 4.02. The average molecular weight is 295 g/mol. The SMILES string of the molecule is CCc1ccc(CC(NN)c2cccc(Cl)c2C)s1. The number of hydrogen-bond donors (Lipinski definition) is 2. The molecular weight excluding hydrogens is 276 g/mol. The van der Waals surface area contributed by atoms with E-state index < -0.39 is 0 Å². The van der Waals surface area contributed by atoms with Crippen molar-refractivity contribution in [2.75, 3.05) is 0 Å². The van der Waals surface area contributed by atoms with Gasteiger partial charge in [-0.2, -0.15) is 0 Å². The quantitative estimate of drug-likeness (QED) is 0.646. The first kappa shape index (κ1) is 14.5. The van der Waals surface area contributed by atoms with Crippen LogP contribution in [0.2, 0.25) is 5.02 Å². The Labute approximate surface area is 123 Å². The van der Waals surface area contributed by atoms with Crippen LogP contribution >= 0.6 is 22.9 Å². The summed E-state index contributed by atoms with van der Waals surface area (Å²) in [4.78, 5) is 2.76. The summed E-state index contributed by atoms with van der Waals surface area (Å²) >= 11 is 8.03. The number of benzene rings is 1. The fourth-order valence-electron chi connectivity index (χ4n) is 2.18. The van der Waals surface area contributed by atoms with Crippen LogP contribution in [0.25, 0.3) is 0 Å². The summed E-state index contributed by atoms with van der Waals surface area (Å²) in [6.07, 6.45) is 1.98. The molecule has 2 rings (SSSR count). The van der Waals surface area contributed by atoms with Crippen molar-refractivity contribution in [1.82, 2.24) is 5.43 Å². The van der Waals surface area contributed by atoms with Gasteiger partial charge in [-0.1, -0.05) is 30.7 Å². The topological polar surface area (TPSA) is 38.0 Å². The largest absolute Gasteiger partial charge is 0.271 e. The number of aryl methyl sites for hydroxylation is 1. The van der Waals surface area contributed by atoms with Gasteiger partial charge >= 0.3 is 0 Å². The van der Waals surface area contributed by atoms with Crippen LogP contribution in [0.4, 0.5) is 0 Å². The number of hydrazine groups is 1. The van der Waals surface area contributed by atoms with Gasteiger partial charge in [0.2, 0.25) is 0 Å². The Bertz CT molecular complexity index is 551. The van der Waals surface area contributed by atoms with E-state index in [9.17, 15) is 0 Å². The first-order valence-corrected chi connectivity index (χ1v) is 7.63. The van der Waals surface area contributed by atoms with Crippen molar-refractivity contribution in [1.29, 1.82) is 0 Å². The Hall–Kier alpha value is -0.870. The molecule has 0 bridgehead atoms. The van der Waals surface area contributed by atoms with Gasteiger partial charge in [0.25, 0.3) is 0 Å². The number of thiophene rings is 1. The first-order chi connectivity index (χ1) is 9.15. The van der Waals surface area contributed by atoms with Gasteiger partial charge in [0.05, 0.1) is 6.04 Å². The second-order valence-corrected chi connectivity index (χ2v) is 6.26. The molecule has 1 atom stereocenters. The third-order valence-electron chi connectivity index (χ3n) is 3.36. The fourth-order valence-corrected chi connectivity index (χ4v) is 3.37. The Balaban J connectivity index is 2.22. The van der Waals surface area contributed by atoms with Crippen molar-refractivity contribution in [3.8, 4) is 0 Å². The van der Waals surface area contributed by atoms with E-state index in [-0.39, 0.29) is 6.04 Å². The van der Waals surface area contributed by atoms with Crippen molar-refractivity contribution in [2.24, 2.45) is 5.84 Å². The Morgan fingerprint density at radius 2 is 2.00 bits per heavy atom. The fraction of sp³-hybridized carbons (Fsp3) is 0.333. The lowest BCUT2D eigenvalue weighted by atomic mass is 9.98. The summed E-state index contributed by atoms with van der Waals surface area (Å²) in [5, 5.41) is 0.790. The van der Waals surface area contributed by atoms with E-state index in [1.54, 1.807) is 0 Å². The average Bonchev–Trinajstić information content (AvgIpc) is 2.87. The van der Waals surface area contributed by atoms with Crippen LogP contribution in [0.15, 0.2) is 30.3 Å². The highest BCUT2D eigenvalue weighted by atomic mass is 35.5. The van der Waals surface area contributed by atoms with E-state index in [1.807, 2.05) is 30.4 Å². The van der Waals surface area contributed by atoms with Crippen LogP contribution in [0.3, 0.4) is 0 Å². The molecule has 0 fully saturated rings. The van der Waals surface area contributed by atoms with Gasteiger partial charge in [-0.3, -0.25) is 11.3 Å². The van der Waals surface area contributed by atoms with E-state index in [2.05, 4.69) is 30.5 Å². The summed E-state index contributed by atoms with van der Waals surface area (Å²) in [5.74, 6) is 5.72. The number of nitrogens with two attached hydrogens (primary N) is 1. The molecule has 3 N–H and O–H groups in total. The van der Waals surface area contributed by atoms with Crippen molar-refractivity contribution >= 4 is 22.9 Å². The molecule has 2 aromatic rings. The minimum absolute atomic E-state index is 0.0991. The highest BCUT2D eigenvalue weighted by molar-refractivity contribution is 7.11. The van der Waals surface area contributed by atoms with Crippen LogP contribution in [0, 0.1) is 6.92 Å². The molecule has 1 unspecified atom stereocenters. The lowest BCUT2D eigenvalue weighted by molar-refractivity contribution is 0.553. The molecule has 0 saturated heterocycles. The zero-order valence-electron chi connectivity index (χ0n) is 11.2. The molecule has 2 nitrogen and oxygen atoms in total. The zero-order chi connectivity index (χ0) is 13.8. The molecule has 1 heterocycles. The zero-order valence-corrected chi connectivity index (χ0v) is 12.8. The molecule has 4 heteroatoms. The molecule has 0 amide bonds. The molecule has 102 valence electrons. The van der Waals surface area contributed by atoms with Crippen LogP contribution in [0.1, 0.15) is 33.8 Å². The Morgan fingerprint density at radius 1 is 1.26 bits per heavy atom. The predicted molar refractivity (Wildman–Crippen MR) is 83.7 cm³/mol. The lowest BCUT2D eigenvalue weighted by Crippen LogP contribution is -2.30. The molecule has 0 saturated carbocycles. The van der Waals surface area contributed by atoms with Gasteiger partial charge in [-0.25, -0.2) is 0 Å². The molecule has 19 heavy (non-hydrogen) atoms. The highest BCUT2D eigenvalue weighted by Gasteiger charge is 2.15. The molecule has 1 aromatic carbocycles. The van der Waals surface area contributed by atoms with Gasteiger partial charge in [0.1, 0.15) is 0 Å². The molecule has 0 aliphatic carbocycles. The third-order valence-corrected chi connectivity index (χ3v) is 5.02. The summed E-state index contributed by atoms with van der Waals surface area (Å²) in [6.45, 7) is 4.21. The van der Waals surface area contributed by atoms with E-state index in [0.717, 1.165) is 23.4 Å². The normalized spacial score (nSPS) is 12.6. The van der Waals surface area contributed by atoms with E-state index in [4.69, 9.17) is 17.4 Å². The standard InChI is InChI=1S/C15H19ClN2S/c1-3-11-7-8-12(19-11)9-15(18-17)13-5-4-6-14(16)10(13)2/h4-8,15,18H,3,9,17H2,1-2H3. The number of hydrogen-bond acceptors (Lipinski definition) is 3. The molecule has 0 aliphatic heterocycles. The van der Waals surface area contributed by atoms with Crippen molar-refractivity contribution in [3.05, 3.63) is 56.2 Å². The van der Waals surface area contributed by atoms with Crippen LogP contribution in [-0.2, 0) is 12.8 Å². The Morgan fingerprint density at radius 3 is 2.63 bits per heavy atom. The second-order valence-electron chi connectivity index (χ2n) is 4.60. The van der Waals surface area contributed by atoms with E-state index >= 15 is 0 Å². The molecule has 0 radical (unpaired) electrons. The summed E-state index contributed by atoms with van der Waals surface area (Å²) in [6, 6.07) is 10.4. The minimum Gasteiger partial charge on any atom is -0.271 e. The van der Waals surface area contributed by atoms with Crippen molar-refractivity contribution < 1.29 is 0 Å². The monoisotopic (exact) mass is 294 g/mol. The smallest absolute Gasteiger partial charge is 0.0511 e. The molecule has 0 aliphatic rings. The summed E-state index contributed by atoms with van der Waals surface area (Å²) in [7, 11) is 0. The van der Waals surface area contributed by atoms with Crippen LogP contribution < -0.4 is 11.3 Å². The first-order valence-electron chi connectivity index (χ1n) is 6.44. The number of halogens is 1. The van der Waals surface area contributed by atoms with E-state index in [0.29, 0.717) is 0 Å². The van der Waals surface area contributed by atoms with Gasteiger partial charge in [0, 0.05) is 21.2 Å². The minimum atomic E-state index is 0.0991. The summed E-state index contributed by atoms with van der Waals surface area (Å²) < 4.78 is 0. The molecule has 1 aromatic heterocycles. The second kappa shape index (κ2) is 6.53. The van der Waals surface area contributed by atoms with E-state index in [1.165, 1.54) is 15.3 Å². The maximum Gasteiger partial charge on any atom is 0.0511 e. The third kappa shape index (κ3) is 3.37. The van der Waals surface area contributed by atoms with Crippen molar-refractivity contribution in [3.63, 3.8) is 0 Å². The molecule has 0 spiro atoms. The summed E-state index contributed by atoms with van der Waals surface area (Å²) in [5.41, 5.74) is 5.17. The number of rotatable bonds is 5. The maximum atomic E-state index is 6.18. The number of nitrogens with one attached hydrogen (secondary N) is 1. The van der Waals surface area contributed by atoms with Gasteiger partial charge in [-0.15, -0.1) is 11.3 Å². The van der Waals surface area contributed by atoms with Gasteiger partial charge in [-0.05, 0) is 42.7 Å². The van der Waals surface area contributed by atoms with Crippen molar-refractivity contribution in [2.45, 2.75) is 32.7 Å². The van der Waals surface area contributed by atoms with Gasteiger partial charge < -0.3 is 0 Å².